The zero-order valence-corrected chi connectivity index (χ0v) is 15.6. The van der Waals surface area contributed by atoms with Crippen LogP contribution in [0.3, 0.4) is 0 Å². The molecule has 8 heteroatoms. The first-order chi connectivity index (χ1) is 13.1. The highest BCUT2D eigenvalue weighted by Gasteiger charge is 2.15. The number of halogens is 1. The molecule has 0 unspecified atom stereocenters. The summed E-state index contributed by atoms with van der Waals surface area (Å²) in [6.45, 7) is 1.84. The fraction of sp³-hybridized carbons (Fsp3) is 0.211. The van der Waals surface area contributed by atoms with Crippen LogP contribution in [0, 0.1) is 5.82 Å². The Bertz CT molecular complexity index is 915. The predicted octanol–water partition coefficient (Wildman–Crippen LogP) is 3.85. The van der Waals surface area contributed by atoms with Crippen molar-refractivity contribution in [2.24, 2.45) is 0 Å². The third-order valence-electron chi connectivity index (χ3n) is 3.82. The van der Waals surface area contributed by atoms with Crippen molar-refractivity contribution in [2.45, 2.75) is 18.2 Å². The summed E-state index contributed by atoms with van der Waals surface area (Å²) >= 11 is 1.14. The van der Waals surface area contributed by atoms with Crippen LogP contribution in [0.25, 0.3) is 11.5 Å². The fourth-order valence-electron chi connectivity index (χ4n) is 2.44. The number of rotatable bonds is 7. The number of hydrogen-bond donors (Lipinski definition) is 1. The lowest BCUT2D eigenvalue weighted by Crippen LogP contribution is -2.28. The Morgan fingerprint density at radius 1 is 1.22 bits per heavy atom. The minimum atomic E-state index is -0.310. The van der Waals surface area contributed by atoms with E-state index in [9.17, 15) is 9.18 Å². The van der Waals surface area contributed by atoms with Gasteiger partial charge in [0.1, 0.15) is 11.6 Å². The monoisotopic (exact) mass is 387 g/mol. The SMILES string of the molecule is COc1ccccc1-c1nnc(SCC(=O)N[C@@H](C)c2ccc(F)cc2)o1. The van der Waals surface area contributed by atoms with Crippen LogP contribution in [0.1, 0.15) is 18.5 Å². The molecule has 3 aromatic rings. The molecule has 0 aliphatic heterocycles. The third kappa shape index (κ3) is 4.85. The van der Waals surface area contributed by atoms with E-state index < -0.39 is 0 Å². The van der Waals surface area contributed by atoms with E-state index in [0.717, 1.165) is 17.3 Å². The van der Waals surface area contributed by atoms with Gasteiger partial charge < -0.3 is 14.5 Å². The maximum absolute atomic E-state index is 13.0. The Morgan fingerprint density at radius 2 is 1.96 bits per heavy atom. The van der Waals surface area contributed by atoms with Gasteiger partial charge in [0.05, 0.1) is 24.5 Å². The molecule has 27 heavy (non-hydrogen) atoms. The number of aromatic nitrogens is 2. The van der Waals surface area contributed by atoms with E-state index in [4.69, 9.17) is 9.15 Å². The fourth-order valence-corrected chi connectivity index (χ4v) is 3.02. The lowest BCUT2D eigenvalue weighted by Gasteiger charge is -2.13. The Hall–Kier alpha value is -2.87. The molecule has 0 bridgehead atoms. The maximum atomic E-state index is 13.0. The molecule has 1 aromatic heterocycles. The van der Waals surface area contributed by atoms with Crippen LogP contribution in [0.4, 0.5) is 4.39 Å². The summed E-state index contributed by atoms with van der Waals surface area (Å²) in [4.78, 5) is 12.1. The van der Waals surface area contributed by atoms with Gasteiger partial charge in [0, 0.05) is 0 Å². The lowest BCUT2D eigenvalue weighted by molar-refractivity contribution is -0.119. The minimum Gasteiger partial charge on any atom is -0.496 e. The number of carbonyl (C=O) groups excluding carboxylic acids is 1. The molecule has 0 spiro atoms. The quantitative estimate of drug-likeness (QED) is 0.621. The van der Waals surface area contributed by atoms with Gasteiger partial charge in [-0.3, -0.25) is 4.79 Å². The van der Waals surface area contributed by atoms with Gasteiger partial charge in [-0.1, -0.05) is 36.0 Å². The number of para-hydroxylation sites is 1. The Labute approximate surface area is 160 Å². The van der Waals surface area contributed by atoms with Crippen molar-refractivity contribution >= 4 is 17.7 Å². The van der Waals surface area contributed by atoms with Crippen LogP contribution in [0.2, 0.25) is 0 Å². The average Bonchev–Trinajstić information content (AvgIpc) is 3.15. The molecule has 140 valence electrons. The van der Waals surface area contributed by atoms with Crippen LogP contribution in [-0.2, 0) is 4.79 Å². The summed E-state index contributed by atoms with van der Waals surface area (Å²) in [5.41, 5.74) is 1.51. The van der Waals surface area contributed by atoms with Crippen LogP contribution in [0.15, 0.2) is 58.2 Å². The zero-order chi connectivity index (χ0) is 19.2. The van der Waals surface area contributed by atoms with Gasteiger partial charge in [0.15, 0.2) is 0 Å². The molecular weight excluding hydrogens is 369 g/mol. The predicted molar refractivity (Wildman–Crippen MR) is 100.0 cm³/mol. The van der Waals surface area contributed by atoms with Crippen molar-refractivity contribution in [2.75, 3.05) is 12.9 Å². The Morgan fingerprint density at radius 3 is 2.70 bits per heavy atom. The van der Waals surface area contributed by atoms with Crippen molar-refractivity contribution in [1.82, 2.24) is 15.5 Å². The number of amides is 1. The van der Waals surface area contributed by atoms with Crippen LogP contribution in [0.5, 0.6) is 5.75 Å². The van der Waals surface area contributed by atoms with E-state index in [1.165, 1.54) is 12.1 Å². The van der Waals surface area contributed by atoms with E-state index in [2.05, 4.69) is 15.5 Å². The molecule has 0 fully saturated rings. The molecule has 0 saturated carbocycles. The largest absolute Gasteiger partial charge is 0.496 e. The highest BCUT2D eigenvalue weighted by atomic mass is 32.2. The van der Waals surface area contributed by atoms with Gasteiger partial charge in [-0.05, 0) is 36.8 Å². The molecule has 1 heterocycles. The van der Waals surface area contributed by atoms with Crippen molar-refractivity contribution < 1.29 is 18.3 Å². The van der Waals surface area contributed by atoms with Crippen LogP contribution < -0.4 is 10.1 Å². The van der Waals surface area contributed by atoms with Gasteiger partial charge >= 0.3 is 0 Å². The average molecular weight is 387 g/mol. The lowest BCUT2D eigenvalue weighted by atomic mass is 10.1. The first-order valence-electron chi connectivity index (χ1n) is 8.21. The third-order valence-corrected chi connectivity index (χ3v) is 4.64. The maximum Gasteiger partial charge on any atom is 0.277 e. The molecule has 3 rings (SSSR count). The van der Waals surface area contributed by atoms with E-state index in [1.807, 2.05) is 25.1 Å². The van der Waals surface area contributed by atoms with Crippen molar-refractivity contribution in [1.29, 1.82) is 0 Å². The summed E-state index contributed by atoms with van der Waals surface area (Å²) in [6.07, 6.45) is 0. The first kappa shape index (κ1) is 18.9. The number of nitrogens with zero attached hydrogens (tertiary/aromatic N) is 2. The topological polar surface area (TPSA) is 77.2 Å². The first-order valence-corrected chi connectivity index (χ1v) is 9.20. The van der Waals surface area contributed by atoms with Crippen molar-refractivity contribution in [3.05, 3.63) is 59.9 Å². The standard InChI is InChI=1S/C19H18FN3O3S/c1-12(13-7-9-14(20)10-8-13)21-17(24)11-27-19-23-22-18(26-19)15-5-3-4-6-16(15)25-2/h3-10,12H,11H2,1-2H3,(H,21,24)/t12-/m0/s1. The number of benzene rings is 2. The van der Waals surface area contributed by atoms with Gasteiger partial charge in [-0.15, -0.1) is 10.2 Å². The van der Waals surface area contributed by atoms with Gasteiger partial charge in [-0.2, -0.15) is 0 Å². The van der Waals surface area contributed by atoms with Crippen LogP contribution >= 0.6 is 11.8 Å². The van der Waals surface area contributed by atoms with E-state index in [0.29, 0.717) is 22.4 Å². The Balaban J connectivity index is 1.56. The number of ether oxygens (including phenoxy) is 1. The van der Waals surface area contributed by atoms with Gasteiger partial charge in [0.25, 0.3) is 11.1 Å². The molecule has 0 aliphatic rings. The van der Waals surface area contributed by atoms with Crippen molar-refractivity contribution in [3.8, 4) is 17.2 Å². The molecule has 2 aromatic carbocycles. The second-order valence-corrected chi connectivity index (χ2v) is 6.63. The zero-order valence-electron chi connectivity index (χ0n) is 14.8. The van der Waals surface area contributed by atoms with Crippen LogP contribution in [-0.4, -0.2) is 29.0 Å². The number of methoxy groups -OCH3 is 1. The molecule has 0 aliphatic carbocycles. The highest BCUT2D eigenvalue weighted by molar-refractivity contribution is 7.99. The van der Waals surface area contributed by atoms with Gasteiger partial charge in [-0.25, -0.2) is 4.39 Å². The summed E-state index contributed by atoms with van der Waals surface area (Å²) < 4.78 is 23.9. The summed E-state index contributed by atoms with van der Waals surface area (Å²) in [5, 5.41) is 11.1. The normalized spacial score (nSPS) is 11.8. The van der Waals surface area contributed by atoms with Gasteiger partial charge in [0.2, 0.25) is 5.91 Å². The number of hydrogen-bond acceptors (Lipinski definition) is 6. The summed E-state index contributed by atoms with van der Waals surface area (Å²) in [7, 11) is 1.57. The highest BCUT2D eigenvalue weighted by Crippen LogP contribution is 2.30. The van der Waals surface area contributed by atoms with Crippen molar-refractivity contribution in [3.63, 3.8) is 0 Å². The molecule has 1 N–H and O–H groups in total. The second-order valence-electron chi connectivity index (χ2n) is 5.70. The molecular formula is C19H18FN3O3S. The van der Waals surface area contributed by atoms with E-state index in [1.54, 1.807) is 25.3 Å². The smallest absolute Gasteiger partial charge is 0.277 e. The number of thioether (sulfide) groups is 1. The second kappa shape index (κ2) is 8.68. The minimum absolute atomic E-state index is 0.124. The molecule has 0 radical (unpaired) electrons. The number of carbonyl (C=O) groups is 1. The molecule has 1 atom stereocenters. The van der Waals surface area contributed by atoms with E-state index in [-0.39, 0.29) is 23.5 Å². The summed E-state index contributed by atoms with van der Waals surface area (Å²) in [5.74, 6) is 0.585. The number of nitrogens with one attached hydrogen (secondary N) is 1. The molecule has 0 saturated heterocycles. The molecule has 6 nitrogen and oxygen atoms in total. The Kier molecular flexibility index (Phi) is 6.08. The van der Waals surface area contributed by atoms with E-state index >= 15 is 0 Å². The summed E-state index contributed by atoms with van der Waals surface area (Å²) in [6, 6.07) is 13.1. The molecule has 1 amide bonds.